The molecule has 0 spiro atoms. The minimum atomic E-state index is -0.223. The van der Waals surface area contributed by atoms with Crippen molar-refractivity contribution in [3.05, 3.63) is 41.7 Å². The third-order valence-electron chi connectivity index (χ3n) is 2.58. The van der Waals surface area contributed by atoms with E-state index < -0.39 is 0 Å². The van der Waals surface area contributed by atoms with Crippen LogP contribution in [-0.2, 0) is 23.0 Å². The zero-order valence-corrected chi connectivity index (χ0v) is 8.93. The van der Waals surface area contributed by atoms with E-state index in [9.17, 15) is 4.79 Å². The van der Waals surface area contributed by atoms with Crippen molar-refractivity contribution in [2.45, 2.75) is 19.4 Å². The Morgan fingerprint density at radius 3 is 2.60 bits per heavy atom. The number of pyridine rings is 1. The fourth-order valence-electron chi connectivity index (χ4n) is 1.63. The second-order valence-corrected chi connectivity index (χ2v) is 3.89. The van der Waals surface area contributed by atoms with Gasteiger partial charge in [-0.3, -0.25) is 0 Å². The first-order valence-corrected chi connectivity index (χ1v) is 4.98. The largest absolute Gasteiger partial charge is 0.454 e. The van der Waals surface area contributed by atoms with Gasteiger partial charge in [0.15, 0.2) is 12.4 Å². The average Bonchev–Trinajstić information content (AvgIpc) is 2.49. The Bertz CT molecular complexity index is 406. The van der Waals surface area contributed by atoms with Gasteiger partial charge in [0.25, 0.3) is 0 Å². The monoisotopic (exact) mass is 204 g/mol. The summed E-state index contributed by atoms with van der Waals surface area (Å²) in [6.07, 6.45) is 6.23. The van der Waals surface area contributed by atoms with Crippen LogP contribution in [0, 0.1) is 0 Å². The molecule has 1 aromatic rings. The molecule has 2 rings (SSSR count). The summed E-state index contributed by atoms with van der Waals surface area (Å²) < 4.78 is 7.15. The second-order valence-electron chi connectivity index (χ2n) is 3.89. The van der Waals surface area contributed by atoms with E-state index in [0.717, 1.165) is 12.0 Å². The summed E-state index contributed by atoms with van der Waals surface area (Å²) >= 11 is 0. The number of carbonyl (C=O) groups is 1. The van der Waals surface area contributed by atoms with Crippen molar-refractivity contribution in [3.63, 3.8) is 0 Å². The first kappa shape index (κ1) is 9.90. The van der Waals surface area contributed by atoms with E-state index in [1.54, 1.807) is 6.08 Å². The van der Waals surface area contributed by atoms with E-state index in [4.69, 9.17) is 4.74 Å². The Hall–Kier alpha value is -1.64. The predicted molar refractivity (Wildman–Crippen MR) is 55.0 cm³/mol. The highest BCUT2D eigenvalue weighted by molar-refractivity contribution is 5.85. The summed E-state index contributed by atoms with van der Waals surface area (Å²) in [5.41, 5.74) is 2.19. The van der Waals surface area contributed by atoms with Gasteiger partial charge in [-0.25, -0.2) is 9.36 Å². The van der Waals surface area contributed by atoms with Crippen LogP contribution in [0.15, 0.2) is 36.2 Å². The number of carbonyl (C=O) groups excluding carboxylic acids is 1. The number of aryl methyl sites for hydroxylation is 1. The maximum absolute atomic E-state index is 11.0. The minimum Gasteiger partial charge on any atom is -0.454 e. The van der Waals surface area contributed by atoms with Crippen molar-refractivity contribution in [3.8, 4) is 0 Å². The zero-order chi connectivity index (χ0) is 10.8. The highest BCUT2D eigenvalue weighted by Gasteiger charge is 2.23. The summed E-state index contributed by atoms with van der Waals surface area (Å²) in [6, 6.07) is 4.08. The molecule has 1 aromatic heterocycles. The molecule has 0 saturated heterocycles. The Kier molecular flexibility index (Phi) is 2.54. The van der Waals surface area contributed by atoms with Gasteiger partial charge in [0, 0.05) is 24.6 Å². The Morgan fingerprint density at radius 2 is 2.07 bits per heavy atom. The lowest BCUT2D eigenvalue weighted by Gasteiger charge is -2.10. The molecule has 1 atom stereocenters. The molecule has 0 N–H and O–H groups in total. The van der Waals surface area contributed by atoms with Crippen molar-refractivity contribution in [1.29, 1.82) is 0 Å². The number of hydrogen-bond acceptors (Lipinski definition) is 2. The van der Waals surface area contributed by atoms with Crippen LogP contribution in [0.25, 0.3) is 0 Å². The summed E-state index contributed by atoms with van der Waals surface area (Å²) in [5, 5.41) is 0. The number of esters is 1. The first-order chi connectivity index (χ1) is 7.15. The van der Waals surface area contributed by atoms with E-state index >= 15 is 0 Å². The van der Waals surface area contributed by atoms with Crippen LogP contribution in [-0.4, -0.2) is 12.1 Å². The van der Waals surface area contributed by atoms with Gasteiger partial charge >= 0.3 is 5.97 Å². The molecule has 3 heteroatoms. The summed E-state index contributed by atoms with van der Waals surface area (Å²) in [7, 11) is 1.98. The lowest BCUT2D eigenvalue weighted by atomic mass is 10.0. The Morgan fingerprint density at radius 1 is 1.40 bits per heavy atom. The maximum atomic E-state index is 11.0. The van der Waals surface area contributed by atoms with E-state index in [2.05, 4.69) is 0 Å². The van der Waals surface area contributed by atoms with Gasteiger partial charge < -0.3 is 4.74 Å². The number of rotatable bonds is 2. The number of ether oxygens (including phenoxy) is 1. The Balaban J connectivity index is 2.07. The van der Waals surface area contributed by atoms with E-state index in [1.807, 2.05) is 43.1 Å². The van der Waals surface area contributed by atoms with Crippen LogP contribution >= 0.6 is 0 Å². The molecule has 0 bridgehead atoms. The van der Waals surface area contributed by atoms with Crippen molar-refractivity contribution in [1.82, 2.24) is 0 Å². The summed E-state index contributed by atoms with van der Waals surface area (Å²) in [4.78, 5) is 11.0. The van der Waals surface area contributed by atoms with Crippen LogP contribution in [0.1, 0.15) is 12.5 Å². The highest BCUT2D eigenvalue weighted by atomic mass is 16.5. The maximum Gasteiger partial charge on any atom is 0.331 e. The van der Waals surface area contributed by atoms with Gasteiger partial charge in [0.2, 0.25) is 0 Å². The number of hydrogen-bond donors (Lipinski definition) is 0. The number of nitrogens with zero attached hydrogens (tertiary/aromatic N) is 1. The molecule has 3 nitrogen and oxygen atoms in total. The molecule has 1 aliphatic heterocycles. The SMILES string of the molecule is CC1=CC(=O)OC1Cc1cc[n+](C)cc1. The fraction of sp³-hybridized carbons (Fsp3) is 0.333. The van der Waals surface area contributed by atoms with Crippen molar-refractivity contribution < 1.29 is 14.1 Å². The van der Waals surface area contributed by atoms with Gasteiger partial charge in [-0.15, -0.1) is 0 Å². The molecule has 0 fully saturated rings. The molecule has 0 amide bonds. The van der Waals surface area contributed by atoms with Crippen LogP contribution in [0.3, 0.4) is 0 Å². The standard InChI is InChI=1S/C12H14NO2/c1-9-7-12(14)15-11(9)8-10-3-5-13(2)6-4-10/h3-7,11H,8H2,1-2H3/q+1. The van der Waals surface area contributed by atoms with Crippen LogP contribution in [0.2, 0.25) is 0 Å². The van der Waals surface area contributed by atoms with E-state index in [-0.39, 0.29) is 12.1 Å². The average molecular weight is 204 g/mol. The predicted octanol–water partition coefficient (Wildman–Crippen LogP) is 0.925. The molecule has 1 unspecified atom stereocenters. The second kappa shape index (κ2) is 3.85. The lowest BCUT2D eigenvalue weighted by molar-refractivity contribution is -0.671. The molecule has 2 heterocycles. The third kappa shape index (κ3) is 2.24. The number of aromatic nitrogens is 1. The van der Waals surface area contributed by atoms with Crippen LogP contribution in [0.4, 0.5) is 0 Å². The summed E-state index contributed by atoms with van der Waals surface area (Å²) in [5.74, 6) is -0.223. The minimum absolute atomic E-state index is 0.0785. The van der Waals surface area contributed by atoms with Gasteiger partial charge in [-0.05, 0) is 18.1 Å². The topological polar surface area (TPSA) is 30.2 Å². The molecule has 78 valence electrons. The van der Waals surface area contributed by atoms with Crippen LogP contribution < -0.4 is 4.57 Å². The molecule has 0 saturated carbocycles. The molecule has 15 heavy (non-hydrogen) atoms. The van der Waals surface area contributed by atoms with Gasteiger partial charge in [-0.2, -0.15) is 0 Å². The molecular weight excluding hydrogens is 190 g/mol. The quantitative estimate of drug-likeness (QED) is 0.530. The normalized spacial score (nSPS) is 20.0. The molecule has 0 aromatic carbocycles. The third-order valence-corrected chi connectivity index (χ3v) is 2.58. The molecule has 0 radical (unpaired) electrons. The lowest BCUT2D eigenvalue weighted by Crippen LogP contribution is -2.26. The van der Waals surface area contributed by atoms with Crippen molar-refractivity contribution >= 4 is 5.97 Å². The van der Waals surface area contributed by atoms with Gasteiger partial charge in [0.1, 0.15) is 13.2 Å². The Labute approximate surface area is 89.0 Å². The van der Waals surface area contributed by atoms with Crippen molar-refractivity contribution in [2.75, 3.05) is 0 Å². The highest BCUT2D eigenvalue weighted by Crippen LogP contribution is 2.18. The number of cyclic esters (lactones) is 1. The summed E-state index contributed by atoms with van der Waals surface area (Å²) in [6.45, 7) is 1.93. The fourth-order valence-corrected chi connectivity index (χ4v) is 1.63. The van der Waals surface area contributed by atoms with Gasteiger partial charge in [0.05, 0.1) is 0 Å². The molecule has 1 aliphatic rings. The van der Waals surface area contributed by atoms with E-state index in [1.165, 1.54) is 5.56 Å². The zero-order valence-electron chi connectivity index (χ0n) is 8.93. The smallest absolute Gasteiger partial charge is 0.331 e. The first-order valence-electron chi connectivity index (χ1n) is 4.98. The van der Waals surface area contributed by atoms with E-state index in [0.29, 0.717) is 0 Å². The van der Waals surface area contributed by atoms with Gasteiger partial charge in [-0.1, -0.05) is 0 Å². The molecular formula is C12H14NO2+. The molecule has 0 aliphatic carbocycles. The van der Waals surface area contributed by atoms with Crippen molar-refractivity contribution in [2.24, 2.45) is 7.05 Å². The van der Waals surface area contributed by atoms with Crippen LogP contribution in [0.5, 0.6) is 0 Å².